The summed E-state index contributed by atoms with van der Waals surface area (Å²) >= 11 is 0. The molecule has 154 valence electrons. The highest BCUT2D eigenvalue weighted by atomic mass is 16.6. The normalized spacial score (nSPS) is 16.0. The van der Waals surface area contributed by atoms with E-state index in [0.717, 1.165) is 24.9 Å². The Balaban J connectivity index is 1.71. The van der Waals surface area contributed by atoms with Crippen molar-refractivity contribution in [3.8, 4) is 5.75 Å². The number of hydrogen-bond donors (Lipinski definition) is 2. The maximum atomic E-state index is 13.2. The smallest absolute Gasteiger partial charge is 0.410 e. The van der Waals surface area contributed by atoms with Crippen LogP contribution in [0.15, 0.2) is 54.6 Å². The first-order valence-electron chi connectivity index (χ1n) is 10.3. The Hall–Kier alpha value is -2.82. The molecule has 0 atom stereocenters. The van der Waals surface area contributed by atoms with E-state index >= 15 is 0 Å². The van der Waals surface area contributed by atoms with Crippen molar-refractivity contribution >= 4 is 17.7 Å². The molecular weight excluding hydrogens is 364 g/mol. The van der Waals surface area contributed by atoms with Crippen molar-refractivity contribution in [2.75, 3.05) is 5.32 Å². The summed E-state index contributed by atoms with van der Waals surface area (Å²) in [5.41, 5.74) is 1.03. The molecule has 2 amide bonds. The molecule has 0 bridgehead atoms. The van der Waals surface area contributed by atoms with Crippen LogP contribution in [0.2, 0.25) is 0 Å². The summed E-state index contributed by atoms with van der Waals surface area (Å²) in [6.45, 7) is 6.46. The van der Waals surface area contributed by atoms with Gasteiger partial charge < -0.3 is 15.4 Å². The molecule has 0 saturated heterocycles. The largest absolute Gasteiger partial charge is 0.413 e. The van der Waals surface area contributed by atoms with Crippen molar-refractivity contribution in [3.05, 3.63) is 60.2 Å². The van der Waals surface area contributed by atoms with Crippen molar-refractivity contribution in [1.29, 1.82) is 0 Å². The third-order valence-corrected chi connectivity index (χ3v) is 5.45. The Morgan fingerprint density at radius 2 is 1.52 bits per heavy atom. The van der Waals surface area contributed by atoms with Crippen LogP contribution >= 0.6 is 0 Å². The summed E-state index contributed by atoms with van der Waals surface area (Å²) in [4.78, 5) is 25.7. The van der Waals surface area contributed by atoms with Crippen LogP contribution in [0.3, 0.4) is 0 Å². The van der Waals surface area contributed by atoms with Gasteiger partial charge in [0.05, 0.1) is 0 Å². The van der Waals surface area contributed by atoms with Gasteiger partial charge in [0.15, 0.2) is 0 Å². The van der Waals surface area contributed by atoms with E-state index < -0.39 is 11.6 Å². The predicted octanol–water partition coefficient (Wildman–Crippen LogP) is 5.41. The Bertz CT molecular complexity index is 833. The molecule has 1 aliphatic rings. The number of carbonyl (C=O) groups excluding carboxylic acids is 2. The zero-order valence-electron chi connectivity index (χ0n) is 17.5. The van der Waals surface area contributed by atoms with Gasteiger partial charge in [0.25, 0.3) is 0 Å². The highest BCUT2D eigenvalue weighted by Gasteiger charge is 2.41. The number of ether oxygens (including phenoxy) is 1. The highest BCUT2D eigenvalue weighted by molar-refractivity contribution is 6.00. The Kier molecular flexibility index (Phi) is 6.26. The standard InChI is InChI=1S/C24H30N2O3/c1-23(2,3)18-12-14-19(15-13-18)25-21(27)24(16-8-5-9-17-24)26-22(28)29-20-10-6-4-7-11-20/h4,6-7,10-15H,5,8-9,16-17H2,1-3H3,(H,25,27)(H,26,28). The Labute approximate surface area is 172 Å². The van der Waals surface area contributed by atoms with E-state index in [9.17, 15) is 9.59 Å². The third kappa shape index (κ3) is 5.37. The summed E-state index contributed by atoms with van der Waals surface area (Å²) in [5, 5.41) is 5.85. The number of para-hydroxylation sites is 1. The van der Waals surface area contributed by atoms with Crippen LogP contribution in [-0.2, 0) is 10.2 Å². The van der Waals surface area contributed by atoms with E-state index in [1.165, 1.54) is 5.56 Å². The number of amides is 2. The zero-order valence-corrected chi connectivity index (χ0v) is 17.5. The molecule has 0 heterocycles. The second kappa shape index (κ2) is 8.68. The molecular formula is C24H30N2O3. The fourth-order valence-corrected chi connectivity index (χ4v) is 3.68. The van der Waals surface area contributed by atoms with Gasteiger partial charge in [0.1, 0.15) is 11.3 Å². The minimum absolute atomic E-state index is 0.0515. The van der Waals surface area contributed by atoms with E-state index in [4.69, 9.17) is 4.74 Å². The number of hydrogen-bond acceptors (Lipinski definition) is 3. The molecule has 29 heavy (non-hydrogen) atoms. The number of nitrogens with one attached hydrogen (secondary N) is 2. The molecule has 3 rings (SSSR count). The summed E-state index contributed by atoms with van der Waals surface area (Å²) in [7, 11) is 0. The summed E-state index contributed by atoms with van der Waals surface area (Å²) in [5.74, 6) is 0.264. The van der Waals surface area contributed by atoms with Gasteiger partial charge in [0, 0.05) is 5.69 Å². The van der Waals surface area contributed by atoms with E-state index in [-0.39, 0.29) is 11.3 Å². The molecule has 0 unspecified atom stereocenters. The van der Waals surface area contributed by atoms with Gasteiger partial charge in [0.2, 0.25) is 5.91 Å². The van der Waals surface area contributed by atoms with Crippen LogP contribution in [0.5, 0.6) is 5.75 Å². The summed E-state index contributed by atoms with van der Waals surface area (Å²) < 4.78 is 5.37. The lowest BCUT2D eigenvalue weighted by Crippen LogP contribution is -2.58. The Morgan fingerprint density at radius 3 is 2.10 bits per heavy atom. The maximum Gasteiger partial charge on any atom is 0.413 e. The molecule has 0 aromatic heterocycles. The van der Waals surface area contributed by atoms with Gasteiger partial charge in [-0.3, -0.25) is 4.79 Å². The van der Waals surface area contributed by atoms with E-state index in [0.29, 0.717) is 18.6 Å². The molecule has 2 N–H and O–H groups in total. The van der Waals surface area contributed by atoms with Gasteiger partial charge in [-0.2, -0.15) is 0 Å². The van der Waals surface area contributed by atoms with Crippen LogP contribution in [0.25, 0.3) is 0 Å². The van der Waals surface area contributed by atoms with E-state index in [1.54, 1.807) is 24.3 Å². The monoisotopic (exact) mass is 394 g/mol. The molecule has 5 heteroatoms. The van der Waals surface area contributed by atoms with Crippen LogP contribution in [0, 0.1) is 0 Å². The second-order valence-electron chi connectivity index (χ2n) is 8.75. The zero-order chi connectivity index (χ0) is 20.9. The van der Waals surface area contributed by atoms with Gasteiger partial charge in [-0.1, -0.05) is 70.4 Å². The lowest BCUT2D eigenvalue weighted by atomic mass is 9.81. The molecule has 1 saturated carbocycles. The molecule has 5 nitrogen and oxygen atoms in total. The number of benzene rings is 2. The maximum absolute atomic E-state index is 13.2. The molecule has 1 aliphatic carbocycles. The fraction of sp³-hybridized carbons (Fsp3) is 0.417. The van der Waals surface area contributed by atoms with Crippen molar-refractivity contribution < 1.29 is 14.3 Å². The average molecular weight is 395 g/mol. The minimum Gasteiger partial charge on any atom is -0.410 e. The predicted molar refractivity (Wildman–Crippen MR) is 115 cm³/mol. The Morgan fingerprint density at radius 1 is 0.897 bits per heavy atom. The second-order valence-corrected chi connectivity index (χ2v) is 8.75. The van der Waals surface area contributed by atoms with Crippen molar-refractivity contribution in [1.82, 2.24) is 5.32 Å². The van der Waals surface area contributed by atoms with E-state index in [2.05, 4.69) is 31.4 Å². The topological polar surface area (TPSA) is 67.4 Å². The first-order chi connectivity index (χ1) is 13.8. The highest BCUT2D eigenvalue weighted by Crippen LogP contribution is 2.30. The minimum atomic E-state index is -0.952. The summed E-state index contributed by atoms with van der Waals surface area (Å²) in [6.07, 6.45) is 3.44. The molecule has 0 spiro atoms. The molecule has 2 aromatic carbocycles. The van der Waals surface area contributed by atoms with Crippen molar-refractivity contribution in [3.63, 3.8) is 0 Å². The van der Waals surface area contributed by atoms with Gasteiger partial charge in [-0.25, -0.2) is 4.79 Å². The van der Waals surface area contributed by atoms with Crippen LogP contribution in [0.4, 0.5) is 10.5 Å². The number of carbonyl (C=O) groups is 2. The molecule has 0 aliphatic heterocycles. The molecule has 1 fully saturated rings. The van der Waals surface area contributed by atoms with Gasteiger partial charge in [-0.15, -0.1) is 0 Å². The quantitative estimate of drug-likeness (QED) is 0.728. The SMILES string of the molecule is CC(C)(C)c1ccc(NC(=O)C2(NC(=O)Oc3ccccc3)CCCCC2)cc1. The van der Waals surface area contributed by atoms with Gasteiger partial charge in [-0.05, 0) is 48.1 Å². The van der Waals surface area contributed by atoms with Crippen LogP contribution < -0.4 is 15.4 Å². The molecule has 2 aromatic rings. The van der Waals surface area contributed by atoms with Crippen LogP contribution in [0.1, 0.15) is 58.4 Å². The first kappa shape index (κ1) is 20.9. The van der Waals surface area contributed by atoms with Crippen LogP contribution in [-0.4, -0.2) is 17.5 Å². The third-order valence-electron chi connectivity index (χ3n) is 5.45. The lowest BCUT2D eigenvalue weighted by Gasteiger charge is -2.36. The summed E-state index contributed by atoms with van der Waals surface area (Å²) in [6, 6.07) is 16.8. The van der Waals surface area contributed by atoms with Crippen molar-refractivity contribution in [2.45, 2.75) is 63.8 Å². The lowest BCUT2D eigenvalue weighted by molar-refractivity contribution is -0.123. The average Bonchev–Trinajstić information content (AvgIpc) is 2.69. The van der Waals surface area contributed by atoms with Gasteiger partial charge >= 0.3 is 6.09 Å². The fourth-order valence-electron chi connectivity index (χ4n) is 3.68. The number of anilines is 1. The van der Waals surface area contributed by atoms with E-state index in [1.807, 2.05) is 30.3 Å². The number of rotatable bonds is 4. The molecule has 0 radical (unpaired) electrons. The first-order valence-corrected chi connectivity index (χ1v) is 10.3. The van der Waals surface area contributed by atoms with Crippen molar-refractivity contribution in [2.24, 2.45) is 0 Å².